The maximum absolute atomic E-state index is 14.2. The smallest absolute Gasteiger partial charge is 0.435 e. The van der Waals surface area contributed by atoms with Gasteiger partial charge < -0.3 is 15.3 Å². The monoisotopic (exact) mass is 462 g/mol. The molecule has 168 valence electrons. The van der Waals surface area contributed by atoms with Crippen LogP contribution in [-0.2, 0) is 35.3 Å². The minimum absolute atomic E-state index is 0.00948. The van der Waals surface area contributed by atoms with Gasteiger partial charge in [0.15, 0.2) is 5.69 Å². The van der Waals surface area contributed by atoms with E-state index in [9.17, 15) is 27.2 Å². The third-order valence-electron chi connectivity index (χ3n) is 4.89. The number of benzene rings is 1. The van der Waals surface area contributed by atoms with Gasteiger partial charge in [-0.15, -0.1) is 0 Å². The van der Waals surface area contributed by atoms with Crippen molar-refractivity contribution in [1.29, 1.82) is 0 Å². The van der Waals surface area contributed by atoms with Gasteiger partial charge in [-0.25, -0.2) is 4.39 Å². The number of carboxylic acids is 1. The first-order valence-corrected chi connectivity index (χ1v) is 9.74. The first-order valence-electron chi connectivity index (χ1n) is 9.36. The number of carboxylic acid groups (broad SMARTS) is 1. The first-order chi connectivity index (χ1) is 14.6. The quantitative estimate of drug-likeness (QED) is 0.488. The predicted molar refractivity (Wildman–Crippen MR) is 102 cm³/mol. The number of nitrogens with zero attached hydrogens (tertiary/aromatic N) is 3. The minimum atomic E-state index is -4.68. The molecule has 0 unspecified atom stereocenters. The molecule has 0 aliphatic carbocycles. The Bertz CT molecular complexity index is 993. The number of rotatable bonds is 7. The zero-order valence-electron chi connectivity index (χ0n) is 16.2. The molecule has 2 aromatic rings. The third kappa shape index (κ3) is 5.53. The molecular formula is C19H19ClF4N4O3. The summed E-state index contributed by atoms with van der Waals surface area (Å²) in [5.41, 5.74) is -0.748. The number of aliphatic carboxylic acids is 1. The summed E-state index contributed by atoms with van der Waals surface area (Å²) in [6, 6.07) is 3.87. The van der Waals surface area contributed by atoms with Crippen LogP contribution >= 0.6 is 11.6 Å². The van der Waals surface area contributed by atoms with E-state index in [1.807, 2.05) is 0 Å². The van der Waals surface area contributed by atoms with E-state index >= 15 is 0 Å². The highest BCUT2D eigenvalue weighted by Crippen LogP contribution is 2.35. The fourth-order valence-corrected chi connectivity index (χ4v) is 3.52. The number of alkyl halides is 3. The van der Waals surface area contributed by atoms with E-state index in [-0.39, 0.29) is 73.3 Å². The number of nitrogens with one attached hydrogen (secondary N) is 1. The molecule has 31 heavy (non-hydrogen) atoms. The fourth-order valence-electron chi connectivity index (χ4n) is 3.37. The Hall–Kier alpha value is -2.66. The van der Waals surface area contributed by atoms with Crippen LogP contribution in [0.15, 0.2) is 18.2 Å². The number of aromatic nitrogens is 2. The maximum atomic E-state index is 14.2. The molecule has 0 saturated carbocycles. The molecule has 1 aliphatic heterocycles. The summed E-state index contributed by atoms with van der Waals surface area (Å²) in [5.74, 6) is -2.06. The maximum Gasteiger partial charge on any atom is 0.435 e. The summed E-state index contributed by atoms with van der Waals surface area (Å²) in [7, 11) is 0. The molecule has 0 bridgehead atoms. The second-order valence-corrected chi connectivity index (χ2v) is 7.49. The van der Waals surface area contributed by atoms with Gasteiger partial charge in [-0.3, -0.25) is 14.3 Å². The van der Waals surface area contributed by atoms with E-state index in [0.29, 0.717) is 0 Å². The molecule has 1 amide bonds. The predicted octanol–water partition coefficient (Wildman–Crippen LogP) is 2.69. The Morgan fingerprint density at radius 1 is 1.29 bits per heavy atom. The number of fused-ring (bicyclic) bond motifs is 1. The molecule has 0 saturated heterocycles. The highest BCUT2D eigenvalue weighted by molar-refractivity contribution is 6.30. The van der Waals surface area contributed by atoms with Crippen LogP contribution in [-0.4, -0.2) is 51.3 Å². The highest BCUT2D eigenvalue weighted by atomic mass is 35.5. The molecule has 3 rings (SSSR count). The van der Waals surface area contributed by atoms with Crippen LogP contribution in [0.4, 0.5) is 17.6 Å². The van der Waals surface area contributed by atoms with Crippen LogP contribution in [0.5, 0.6) is 0 Å². The molecule has 12 heteroatoms. The van der Waals surface area contributed by atoms with Crippen molar-refractivity contribution < 1.29 is 32.3 Å². The van der Waals surface area contributed by atoms with Crippen molar-refractivity contribution in [2.24, 2.45) is 0 Å². The van der Waals surface area contributed by atoms with Gasteiger partial charge in [0.25, 0.3) is 0 Å². The zero-order valence-corrected chi connectivity index (χ0v) is 16.9. The van der Waals surface area contributed by atoms with E-state index < -0.39 is 23.7 Å². The number of hydrogen-bond acceptors (Lipinski definition) is 4. The van der Waals surface area contributed by atoms with Gasteiger partial charge in [0.1, 0.15) is 5.82 Å². The molecule has 2 heterocycles. The standard InChI is InChI=1S/C19H19ClF4N4O3/c20-12-2-1-11(14(21)7-12)9-28-15-10-27(16(29)8-25-5-3-17(30)31)6-4-13(15)18(26-28)19(22,23)24/h1-2,7,25H,3-6,8-10H2,(H,30,31). The summed E-state index contributed by atoms with van der Waals surface area (Å²) in [6.45, 7) is -0.356. The molecule has 1 aliphatic rings. The molecule has 0 spiro atoms. The van der Waals surface area contributed by atoms with E-state index in [2.05, 4.69) is 10.4 Å². The normalized spacial score (nSPS) is 13.9. The van der Waals surface area contributed by atoms with Crippen molar-refractivity contribution in [3.8, 4) is 0 Å². The van der Waals surface area contributed by atoms with Gasteiger partial charge in [0.05, 0.1) is 31.7 Å². The van der Waals surface area contributed by atoms with Crippen molar-refractivity contribution in [2.45, 2.75) is 32.1 Å². The van der Waals surface area contributed by atoms with Gasteiger partial charge in [0, 0.05) is 29.2 Å². The van der Waals surface area contributed by atoms with Crippen molar-refractivity contribution in [3.63, 3.8) is 0 Å². The molecule has 1 aromatic carbocycles. The number of carbonyl (C=O) groups excluding carboxylic acids is 1. The molecule has 0 atom stereocenters. The summed E-state index contributed by atoms with van der Waals surface area (Å²) >= 11 is 5.73. The summed E-state index contributed by atoms with van der Waals surface area (Å²) < 4.78 is 55.7. The SMILES string of the molecule is O=C(O)CCNCC(=O)N1CCc2c(C(F)(F)F)nn(Cc3ccc(Cl)cc3F)c2C1. The van der Waals surface area contributed by atoms with Crippen LogP contribution in [0, 0.1) is 5.82 Å². The lowest BCUT2D eigenvalue weighted by Gasteiger charge is -2.28. The van der Waals surface area contributed by atoms with Crippen molar-refractivity contribution in [3.05, 3.63) is 51.6 Å². The number of carbonyl (C=O) groups is 2. The first kappa shape index (κ1) is 23.0. The second-order valence-electron chi connectivity index (χ2n) is 7.05. The largest absolute Gasteiger partial charge is 0.481 e. The van der Waals surface area contributed by atoms with E-state index in [0.717, 1.165) is 10.7 Å². The topological polar surface area (TPSA) is 87.5 Å². The average molecular weight is 463 g/mol. The Balaban J connectivity index is 1.82. The zero-order chi connectivity index (χ0) is 22.8. The summed E-state index contributed by atoms with van der Waals surface area (Å²) in [5, 5.41) is 15.2. The van der Waals surface area contributed by atoms with E-state index in [4.69, 9.17) is 16.7 Å². The Morgan fingerprint density at radius 2 is 2.03 bits per heavy atom. The van der Waals surface area contributed by atoms with E-state index in [1.54, 1.807) is 0 Å². The lowest BCUT2D eigenvalue weighted by molar-refractivity contribution is -0.142. The lowest BCUT2D eigenvalue weighted by Crippen LogP contribution is -2.42. The number of halogens is 5. The van der Waals surface area contributed by atoms with Gasteiger partial charge in [-0.05, 0) is 18.6 Å². The Morgan fingerprint density at radius 3 is 2.68 bits per heavy atom. The highest BCUT2D eigenvalue weighted by Gasteiger charge is 2.40. The number of hydrogen-bond donors (Lipinski definition) is 2. The lowest BCUT2D eigenvalue weighted by atomic mass is 10.0. The molecule has 0 radical (unpaired) electrons. The van der Waals surface area contributed by atoms with Gasteiger partial charge in [-0.1, -0.05) is 17.7 Å². The van der Waals surface area contributed by atoms with Crippen LogP contribution < -0.4 is 5.32 Å². The van der Waals surface area contributed by atoms with Gasteiger partial charge >= 0.3 is 12.1 Å². The second kappa shape index (κ2) is 9.23. The Labute approximate surface area is 179 Å². The summed E-state index contributed by atoms with van der Waals surface area (Å²) in [6.07, 6.45) is -4.89. The molecule has 2 N–H and O–H groups in total. The molecular weight excluding hydrogens is 444 g/mol. The van der Waals surface area contributed by atoms with Gasteiger partial charge in [0.2, 0.25) is 5.91 Å². The van der Waals surface area contributed by atoms with Crippen molar-refractivity contribution >= 4 is 23.5 Å². The third-order valence-corrected chi connectivity index (χ3v) is 5.12. The van der Waals surface area contributed by atoms with Crippen LogP contribution in [0.1, 0.15) is 28.9 Å². The van der Waals surface area contributed by atoms with Crippen LogP contribution in [0.2, 0.25) is 5.02 Å². The van der Waals surface area contributed by atoms with Crippen molar-refractivity contribution in [2.75, 3.05) is 19.6 Å². The summed E-state index contributed by atoms with van der Waals surface area (Å²) in [4.78, 5) is 24.3. The van der Waals surface area contributed by atoms with Gasteiger partial charge in [-0.2, -0.15) is 18.3 Å². The van der Waals surface area contributed by atoms with Crippen LogP contribution in [0.25, 0.3) is 0 Å². The fraction of sp³-hybridized carbons (Fsp3) is 0.421. The molecule has 0 fully saturated rings. The van der Waals surface area contributed by atoms with Crippen molar-refractivity contribution in [1.82, 2.24) is 20.0 Å². The average Bonchev–Trinajstić information content (AvgIpc) is 3.05. The molecule has 1 aromatic heterocycles. The Kier molecular flexibility index (Phi) is 6.85. The number of amides is 1. The van der Waals surface area contributed by atoms with Crippen LogP contribution in [0.3, 0.4) is 0 Å². The molecule has 7 nitrogen and oxygen atoms in total. The van der Waals surface area contributed by atoms with E-state index in [1.165, 1.54) is 17.0 Å². The minimum Gasteiger partial charge on any atom is -0.481 e.